The molecule has 2 heterocycles. The molecule has 1 fully saturated rings. The second-order valence-electron chi connectivity index (χ2n) is 4.80. The number of piperidine rings is 1. The number of nitrogens with one attached hydrogen (secondary N) is 1. The summed E-state index contributed by atoms with van der Waals surface area (Å²) < 4.78 is 0. The molecule has 0 bridgehead atoms. The van der Waals surface area contributed by atoms with E-state index < -0.39 is 0 Å². The molecule has 1 aromatic rings. The Morgan fingerprint density at radius 2 is 2.18 bits per heavy atom. The molecule has 0 aromatic carbocycles. The molecule has 1 aliphatic rings. The molecule has 0 aliphatic carbocycles. The van der Waals surface area contributed by atoms with E-state index in [-0.39, 0.29) is 0 Å². The molecule has 1 aliphatic heterocycles. The number of hydrogen-bond acceptors (Lipinski definition) is 3. The van der Waals surface area contributed by atoms with Crippen molar-refractivity contribution < 1.29 is 0 Å². The Kier molecular flexibility index (Phi) is 4.51. The minimum atomic E-state index is 0.443. The van der Waals surface area contributed by atoms with Crippen LogP contribution in [0.4, 0.5) is 0 Å². The highest BCUT2D eigenvalue weighted by Gasteiger charge is 2.23. The third kappa shape index (κ3) is 3.27. The van der Waals surface area contributed by atoms with Crippen molar-refractivity contribution >= 4 is 0 Å². The van der Waals surface area contributed by atoms with Crippen molar-refractivity contribution in [2.45, 2.75) is 38.8 Å². The Hall–Kier alpha value is -0.930. The number of rotatable bonds is 4. The minimum absolute atomic E-state index is 0.443. The van der Waals surface area contributed by atoms with Crippen LogP contribution < -0.4 is 5.32 Å². The number of pyridine rings is 1. The number of hydrogen-bond donors (Lipinski definition) is 1. The van der Waals surface area contributed by atoms with Crippen LogP contribution in [0.25, 0.3) is 0 Å². The third-order valence-electron chi connectivity index (χ3n) is 3.69. The minimum Gasteiger partial charge on any atom is -0.314 e. The second kappa shape index (κ2) is 6.12. The van der Waals surface area contributed by atoms with Crippen molar-refractivity contribution in [2.24, 2.45) is 0 Å². The first-order chi connectivity index (χ1) is 8.31. The summed E-state index contributed by atoms with van der Waals surface area (Å²) in [7, 11) is 0. The molecule has 17 heavy (non-hydrogen) atoms. The first-order valence-corrected chi connectivity index (χ1v) is 6.69. The molecule has 1 aromatic heterocycles. The van der Waals surface area contributed by atoms with Crippen molar-refractivity contribution in [2.75, 3.05) is 19.6 Å². The molecule has 0 spiro atoms. The van der Waals surface area contributed by atoms with E-state index in [1.165, 1.54) is 31.6 Å². The van der Waals surface area contributed by atoms with Gasteiger partial charge in [0.05, 0.1) is 5.69 Å². The van der Waals surface area contributed by atoms with E-state index in [9.17, 15) is 0 Å². The van der Waals surface area contributed by atoms with E-state index in [1.54, 1.807) is 0 Å². The Morgan fingerprint density at radius 1 is 1.41 bits per heavy atom. The lowest BCUT2D eigenvalue weighted by atomic mass is 10.0. The monoisotopic (exact) mass is 233 g/mol. The van der Waals surface area contributed by atoms with E-state index in [0.717, 1.165) is 6.54 Å². The molecule has 3 nitrogen and oxygen atoms in total. The molecule has 2 rings (SSSR count). The van der Waals surface area contributed by atoms with E-state index in [0.29, 0.717) is 12.1 Å². The fourth-order valence-corrected chi connectivity index (χ4v) is 2.59. The summed E-state index contributed by atoms with van der Waals surface area (Å²) in [5, 5.41) is 3.54. The van der Waals surface area contributed by atoms with Crippen LogP contribution in [0.1, 0.15) is 38.4 Å². The van der Waals surface area contributed by atoms with Gasteiger partial charge in [0.2, 0.25) is 0 Å². The SMILES string of the molecule is CCNC1CCN(C(C)c2ccccn2)CC1. The molecular formula is C14H23N3. The average Bonchev–Trinajstić information content (AvgIpc) is 2.40. The fraction of sp³-hybridized carbons (Fsp3) is 0.643. The molecular weight excluding hydrogens is 210 g/mol. The molecule has 0 amide bonds. The van der Waals surface area contributed by atoms with Crippen LogP contribution in [0.15, 0.2) is 24.4 Å². The van der Waals surface area contributed by atoms with Gasteiger partial charge in [0.1, 0.15) is 0 Å². The van der Waals surface area contributed by atoms with Gasteiger partial charge >= 0.3 is 0 Å². The molecule has 1 unspecified atom stereocenters. The van der Waals surface area contributed by atoms with Gasteiger partial charge in [0.15, 0.2) is 0 Å². The van der Waals surface area contributed by atoms with Crippen molar-refractivity contribution in [3.05, 3.63) is 30.1 Å². The summed E-state index contributed by atoms with van der Waals surface area (Å²) >= 11 is 0. The van der Waals surface area contributed by atoms with E-state index in [1.807, 2.05) is 12.3 Å². The molecule has 94 valence electrons. The Labute approximate surface area is 104 Å². The van der Waals surface area contributed by atoms with Crippen LogP contribution in [0.3, 0.4) is 0 Å². The maximum Gasteiger partial charge on any atom is 0.0572 e. The lowest BCUT2D eigenvalue weighted by Gasteiger charge is -2.36. The number of likely N-dealkylation sites (tertiary alicyclic amines) is 1. The van der Waals surface area contributed by atoms with Gasteiger partial charge in [-0.3, -0.25) is 9.88 Å². The number of aromatic nitrogens is 1. The number of nitrogens with zero attached hydrogens (tertiary/aromatic N) is 2. The summed E-state index contributed by atoms with van der Waals surface area (Å²) in [5.74, 6) is 0. The highest BCUT2D eigenvalue weighted by Crippen LogP contribution is 2.22. The van der Waals surface area contributed by atoms with Gasteiger partial charge < -0.3 is 5.32 Å². The Balaban J connectivity index is 1.88. The lowest BCUT2D eigenvalue weighted by Crippen LogP contribution is -2.43. The normalized spacial score (nSPS) is 20.4. The average molecular weight is 233 g/mol. The highest BCUT2D eigenvalue weighted by molar-refractivity contribution is 5.08. The maximum absolute atomic E-state index is 4.45. The predicted molar refractivity (Wildman–Crippen MR) is 70.9 cm³/mol. The fourth-order valence-electron chi connectivity index (χ4n) is 2.59. The zero-order valence-electron chi connectivity index (χ0n) is 10.9. The van der Waals surface area contributed by atoms with Crippen molar-refractivity contribution in [3.63, 3.8) is 0 Å². The smallest absolute Gasteiger partial charge is 0.0572 e. The van der Waals surface area contributed by atoms with Gasteiger partial charge in [-0.1, -0.05) is 13.0 Å². The van der Waals surface area contributed by atoms with Crippen LogP contribution >= 0.6 is 0 Å². The predicted octanol–water partition coefficient (Wildman–Crippen LogP) is 2.22. The summed E-state index contributed by atoms with van der Waals surface area (Å²) in [6.45, 7) is 7.88. The van der Waals surface area contributed by atoms with Crippen molar-refractivity contribution in [1.29, 1.82) is 0 Å². The molecule has 1 atom stereocenters. The van der Waals surface area contributed by atoms with Crippen LogP contribution in [-0.4, -0.2) is 35.6 Å². The van der Waals surface area contributed by atoms with Gasteiger partial charge in [-0.25, -0.2) is 0 Å². The van der Waals surface area contributed by atoms with Crippen LogP contribution in [0.5, 0.6) is 0 Å². The van der Waals surface area contributed by atoms with Gasteiger partial charge in [-0.15, -0.1) is 0 Å². The topological polar surface area (TPSA) is 28.2 Å². The summed E-state index contributed by atoms with van der Waals surface area (Å²) in [4.78, 5) is 6.99. The zero-order chi connectivity index (χ0) is 12.1. The van der Waals surface area contributed by atoms with Gasteiger partial charge in [0.25, 0.3) is 0 Å². The summed E-state index contributed by atoms with van der Waals surface area (Å²) in [5.41, 5.74) is 1.19. The standard InChI is InChI=1S/C14H23N3/c1-3-15-13-7-10-17(11-8-13)12(2)14-6-4-5-9-16-14/h4-6,9,12-13,15H,3,7-8,10-11H2,1-2H3. The molecule has 1 N–H and O–H groups in total. The van der Waals surface area contributed by atoms with E-state index in [2.05, 4.69) is 41.2 Å². The quantitative estimate of drug-likeness (QED) is 0.864. The second-order valence-corrected chi connectivity index (χ2v) is 4.80. The summed E-state index contributed by atoms with van der Waals surface area (Å²) in [6.07, 6.45) is 4.40. The molecule has 0 radical (unpaired) electrons. The largest absolute Gasteiger partial charge is 0.314 e. The van der Waals surface area contributed by atoms with Crippen LogP contribution in [-0.2, 0) is 0 Å². The molecule has 0 saturated carbocycles. The molecule has 1 saturated heterocycles. The molecule has 3 heteroatoms. The van der Waals surface area contributed by atoms with Crippen molar-refractivity contribution in [3.8, 4) is 0 Å². The first-order valence-electron chi connectivity index (χ1n) is 6.69. The Morgan fingerprint density at radius 3 is 2.76 bits per heavy atom. The van der Waals surface area contributed by atoms with Crippen molar-refractivity contribution in [1.82, 2.24) is 15.2 Å². The van der Waals surface area contributed by atoms with Crippen LogP contribution in [0.2, 0.25) is 0 Å². The lowest BCUT2D eigenvalue weighted by molar-refractivity contribution is 0.151. The summed E-state index contributed by atoms with van der Waals surface area (Å²) in [6, 6.07) is 7.34. The van der Waals surface area contributed by atoms with Gasteiger partial charge in [-0.05, 0) is 38.4 Å². The van der Waals surface area contributed by atoms with E-state index in [4.69, 9.17) is 0 Å². The Bertz CT molecular complexity index is 317. The van der Waals surface area contributed by atoms with E-state index >= 15 is 0 Å². The highest BCUT2D eigenvalue weighted by atomic mass is 15.2. The first kappa shape index (κ1) is 12.5. The maximum atomic E-state index is 4.45. The van der Waals surface area contributed by atoms with Gasteiger partial charge in [0, 0.05) is 31.4 Å². The third-order valence-corrected chi connectivity index (χ3v) is 3.69. The zero-order valence-corrected chi connectivity index (χ0v) is 10.9. The van der Waals surface area contributed by atoms with Gasteiger partial charge in [-0.2, -0.15) is 0 Å². The van der Waals surface area contributed by atoms with Crippen LogP contribution in [0, 0.1) is 0 Å².